The van der Waals surface area contributed by atoms with Crippen LogP contribution in [0.4, 0.5) is 4.79 Å². The van der Waals surface area contributed by atoms with Crippen molar-refractivity contribution in [2.24, 2.45) is 5.92 Å². The molecule has 2 amide bonds. The zero-order chi connectivity index (χ0) is 23.7. The molecule has 2 atom stereocenters. The standard InChI is InChI=1S/C26H28N2O6/c29-24(27-13-17-9-10-23(34-17)25(30)31)15-11-16(12-15)28-26(32)33-14-22-20-7-3-1-5-18(20)19-6-2-4-8-21(19)22/h1-8,15-17,22-23H,9-14H2,(H,27,29)(H,28,32)(H,30,31). The molecule has 0 aromatic heterocycles. The highest BCUT2D eigenvalue weighted by Crippen LogP contribution is 2.44. The lowest BCUT2D eigenvalue weighted by molar-refractivity contribution is -0.149. The van der Waals surface area contributed by atoms with Gasteiger partial charge in [-0.2, -0.15) is 0 Å². The lowest BCUT2D eigenvalue weighted by Crippen LogP contribution is -2.50. The summed E-state index contributed by atoms with van der Waals surface area (Å²) in [6.07, 6.45) is 0.679. The van der Waals surface area contributed by atoms with Crippen molar-refractivity contribution in [1.82, 2.24) is 10.6 Å². The molecule has 8 nitrogen and oxygen atoms in total. The number of nitrogens with one attached hydrogen (secondary N) is 2. The van der Waals surface area contributed by atoms with Gasteiger partial charge in [0.1, 0.15) is 6.61 Å². The first kappa shape index (κ1) is 22.4. The molecule has 2 aromatic carbocycles. The zero-order valence-corrected chi connectivity index (χ0v) is 18.7. The number of carbonyl (C=O) groups excluding carboxylic acids is 2. The van der Waals surface area contributed by atoms with Gasteiger partial charge in [0.2, 0.25) is 5.91 Å². The van der Waals surface area contributed by atoms with Gasteiger partial charge in [0.05, 0.1) is 6.10 Å². The number of carbonyl (C=O) groups is 3. The molecule has 0 radical (unpaired) electrons. The minimum atomic E-state index is -0.963. The lowest BCUT2D eigenvalue weighted by atomic mass is 9.79. The van der Waals surface area contributed by atoms with Crippen molar-refractivity contribution in [2.75, 3.05) is 13.2 Å². The summed E-state index contributed by atoms with van der Waals surface area (Å²) in [6, 6.07) is 16.3. The van der Waals surface area contributed by atoms with Crippen LogP contribution in [-0.2, 0) is 19.1 Å². The third-order valence-electron chi connectivity index (χ3n) is 7.06. The molecule has 2 fully saturated rings. The number of benzene rings is 2. The smallest absolute Gasteiger partial charge is 0.407 e. The van der Waals surface area contributed by atoms with Gasteiger partial charge < -0.3 is 25.2 Å². The Morgan fingerprint density at radius 1 is 0.971 bits per heavy atom. The predicted molar refractivity (Wildman–Crippen MR) is 123 cm³/mol. The van der Waals surface area contributed by atoms with Gasteiger partial charge in [-0.25, -0.2) is 9.59 Å². The molecular weight excluding hydrogens is 436 g/mol. The number of hydrogen-bond donors (Lipinski definition) is 3. The van der Waals surface area contributed by atoms with Gasteiger partial charge in [-0.15, -0.1) is 0 Å². The topological polar surface area (TPSA) is 114 Å². The summed E-state index contributed by atoms with van der Waals surface area (Å²) in [6.45, 7) is 0.568. The van der Waals surface area contributed by atoms with Crippen molar-refractivity contribution in [1.29, 1.82) is 0 Å². The summed E-state index contributed by atoms with van der Waals surface area (Å²) in [5.74, 6) is -1.21. The van der Waals surface area contributed by atoms with Crippen LogP contribution in [0.2, 0.25) is 0 Å². The van der Waals surface area contributed by atoms with E-state index in [0.717, 1.165) is 11.1 Å². The Kier molecular flexibility index (Phi) is 6.24. The number of fused-ring (bicyclic) bond motifs is 3. The second kappa shape index (κ2) is 9.46. The average Bonchev–Trinajstić information content (AvgIpc) is 3.41. The van der Waals surface area contributed by atoms with Crippen LogP contribution in [0.15, 0.2) is 48.5 Å². The number of amides is 2. The molecule has 1 saturated carbocycles. The van der Waals surface area contributed by atoms with Gasteiger partial charge in [0.25, 0.3) is 0 Å². The van der Waals surface area contributed by atoms with E-state index >= 15 is 0 Å². The Bertz CT molecular complexity index is 1050. The number of aliphatic carboxylic acids is 1. The Hall–Kier alpha value is -3.39. The van der Waals surface area contributed by atoms with Crippen molar-refractivity contribution in [3.05, 3.63) is 59.7 Å². The molecular formula is C26H28N2O6. The minimum absolute atomic E-state index is 0.0107. The van der Waals surface area contributed by atoms with Gasteiger partial charge in [-0.05, 0) is 47.9 Å². The maximum absolute atomic E-state index is 12.4. The van der Waals surface area contributed by atoms with E-state index in [0.29, 0.717) is 32.2 Å². The Balaban J connectivity index is 1.05. The maximum atomic E-state index is 12.4. The Labute approximate surface area is 197 Å². The van der Waals surface area contributed by atoms with E-state index in [1.165, 1.54) is 11.1 Å². The normalized spacial score (nSPS) is 25.1. The largest absolute Gasteiger partial charge is 0.479 e. The first-order valence-corrected chi connectivity index (χ1v) is 11.8. The molecule has 1 aliphatic heterocycles. The van der Waals surface area contributed by atoms with Gasteiger partial charge in [0.15, 0.2) is 6.10 Å². The van der Waals surface area contributed by atoms with Crippen LogP contribution in [0, 0.1) is 5.92 Å². The molecule has 0 bridgehead atoms. The highest BCUT2D eigenvalue weighted by Gasteiger charge is 2.37. The van der Waals surface area contributed by atoms with Gasteiger partial charge >= 0.3 is 12.1 Å². The quantitative estimate of drug-likeness (QED) is 0.580. The van der Waals surface area contributed by atoms with E-state index in [1.807, 2.05) is 24.3 Å². The van der Waals surface area contributed by atoms with Gasteiger partial charge in [-0.1, -0.05) is 48.5 Å². The summed E-state index contributed by atoms with van der Waals surface area (Å²) in [4.78, 5) is 35.7. The summed E-state index contributed by atoms with van der Waals surface area (Å²) >= 11 is 0. The first-order chi connectivity index (χ1) is 16.5. The Morgan fingerprint density at radius 2 is 1.62 bits per heavy atom. The number of ether oxygens (including phenoxy) is 2. The van der Waals surface area contributed by atoms with Gasteiger partial charge in [-0.3, -0.25) is 4.79 Å². The van der Waals surface area contributed by atoms with E-state index in [9.17, 15) is 14.4 Å². The summed E-state index contributed by atoms with van der Waals surface area (Å²) in [5.41, 5.74) is 4.69. The fourth-order valence-electron chi connectivity index (χ4n) is 5.15. The van der Waals surface area contributed by atoms with Gasteiger partial charge in [0, 0.05) is 24.4 Å². The molecule has 2 aliphatic carbocycles. The minimum Gasteiger partial charge on any atom is -0.479 e. The molecule has 34 heavy (non-hydrogen) atoms. The molecule has 178 valence electrons. The van der Waals surface area contributed by atoms with E-state index in [-0.39, 0.29) is 36.5 Å². The third kappa shape index (κ3) is 4.50. The van der Waals surface area contributed by atoms with Crippen molar-refractivity contribution in [2.45, 2.75) is 49.9 Å². The lowest BCUT2D eigenvalue weighted by Gasteiger charge is -2.34. The predicted octanol–water partition coefficient (Wildman–Crippen LogP) is 3.05. The van der Waals surface area contributed by atoms with Crippen molar-refractivity contribution < 1.29 is 29.0 Å². The molecule has 8 heteroatoms. The number of hydrogen-bond acceptors (Lipinski definition) is 5. The average molecular weight is 465 g/mol. The molecule has 3 N–H and O–H groups in total. The number of alkyl carbamates (subject to hydrolysis) is 1. The van der Waals surface area contributed by atoms with E-state index in [4.69, 9.17) is 14.6 Å². The fourth-order valence-corrected chi connectivity index (χ4v) is 5.15. The molecule has 5 rings (SSSR count). The highest BCUT2D eigenvalue weighted by atomic mass is 16.5. The van der Waals surface area contributed by atoms with E-state index < -0.39 is 18.2 Å². The highest BCUT2D eigenvalue weighted by molar-refractivity contribution is 5.81. The van der Waals surface area contributed by atoms with Crippen molar-refractivity contribution in [3.63, 3.8) is 0 Å². The monoisotopic (exact) mass is 464 g/mol. The van der Waals surface area contributed by atoms with E-state index in [2.05, 4.69) is 34.9 Å². The number of carboxylic acids is 1. The Morgan fingerprint density at radius 3 is 2.24 bits per heavy atom. The van der Waals surface area contributed by atoms with Crippen LogP contribution in [0.3, 0.4) is 0 Å². The van der Waals surface area contributed by atoms with Crippen LogP contribution >= 0.6 is 0 Å². The van der Waals surface area contributed by atoms with Crippen LogP contribution < -0.4 is 10.6 Å². The van der Waals surface area contributed by atoms with Crippen LogP contribution in [0.1, 0.15) is 42.7 Å². The SMILES string of the molecule is O=C(NC1CC(C(=O)NCC2CCC(C(=O)O)O2)C1)OCC1c2ccccc2-c2ccccc21. The fraction of sp³-hybridized carbons (Fsp3) is 0.423. The second-order valence-electron chi connectivity index (χ2n) is 9.24. The van der Waals surface area contributed by atoms with E-state index in [1.54, 1.807) is 0 Å². The second-order valence-corrected chi connectivity index (χ2v) is 9.24. The molecule has 0 spiro atoms. The summed E-state index contributed by atoms with van der Waals surface area (Å²) in [7, 11) is 0. The number of carboxylic acid groups (broad SMARTS) is 1. The van der Waals surface area contributed by atoms with Crippen molar-refractivity contribution in [3.8, 4) is 11.1 Å². The molecule has 1 heterocycles. The molecule has 2 aromatic rings. The summed E-state index contributed by atoms with van der Waals surface area (Å²) < 4.78 is 11.0. The summed E-state index contributed by atoms with van der Waals surface area (Å²) in [5, 5.41) is 14.7. The van der Waals surface area contributed by atoms with Crippen LogP contribution in [0.5, 0.6) is 0 Å². The van der Waals surface area contributed by atoms with Crippen molar-refractivity contribution >= 4 is 18.0 Å². The third-order valence-corrected chi connectivity index (χ3v) is 7.06. The molecule has 3 aliphatic rings. The number of rotatable bonds is 7. The van der Waals surface area contributed by atoms with Crippen LogP contribution in [-0.4, -0.2) is 54.5 Å². The van der Waals surface area contributed by atoms with Crippen LogP contribution in [0.25, 0.3) is 11.1 Å². The maximum Gasteiger partial charge on any atom is 0.407 e. The zero-order valence-electron chi connectivity index (χ0n) is 18.7. The molecule has 2 unspecified atom stereocenters. The molecule has 1 saturated heterocycles. The first-order valence-electron chi connectivity index (χ1n) is 11.8.